The van der Waals surface area contributed by atoms with Gasteiger partial charge < -0.3 is 23.7 Å². The van der Waals surface area contributed by atoms with Gasteiger partial charge in [0.2, 0.25) is 0 Å². The Morgan fingerprint density at radius 2 is 1.12 bits per heavy atom. The van der Waals surface area contributed by atoms with Crippen molar-refractivity contribution in [1.29, 1.82) is 0 Å². The Hall–Kier alpha value is -0.200. The molecule has 2 fully saturated rings. The molecule has 204 valence electrons. The smallest absolute Gasteiger partial charge is 0.0840 e. The first-order valence-electron chi connectivity index (χ1n) is 12.6. The van der Waals surface area contributed by atoms with Gasteiger partial charge in [0.1, 0.15) is 0 Å². The molecule has 33 heavy (non-hydrogen) atoms. The summed E-state index contributed by atoms with van der Waals surface area (Å²) in [5, 5.41) is 0. The van der Waals surface area contributed by atoms with E-state index in [0.29, 0.717) is 48.2 Å². The minimum Gasteiger partial charge on any atom is -0.385 e. The molecule has 2 aliphatic rings. The van der Waals surface area contributed by atoms with Crippen LogP contribution < -0.4 is 0 Å². The van der Waals surface area contributed by atoms with E-state index in [0.717, 1.165) is 32.7 Å². The van der Waals surface area contributed by atoms with E-state index < -0.39 is 0 Å². The molecule has 10 unspecified atom stereocenters. The standard InChI is InChI=1S/C22H42O4.C4H10O.2CH4.H2/c1-9-21-15(4)13(2)20(18(7)25-21)11-24-12-22-16(5)14(3)19(10-23-8)17(6)26-22;1-3-4-5-2;;;/h13-22H,9-12H2,1-8H3;3-4H2,1-2H3;2*1H4;1H. The zero-order valence-electron chi connectivity index (χ0n) is 22.1. The molecule has 0 aliphatic carbocycles. The molecule has 5 nitrogen and oxygen atoms in total. The third kappa shape index (κ3) is 10.1. The molecule has 0 aromatic heterocycles. The highest BCUT2D eigenvalue weighted by Crippen LogP contribution is 2.38. The molecule has 0 N–H and O–H groups in total. The van der Waals surface area contributed by atoms with E-state index in [1.165, 1.54) is 0 Å². The van der Waals surface area contributed by atoms with Gasteiger partial charge in [-0.05, 0) is 50.4 Å². The van der Waals surface area contributed by atoms with Crippen LogP contribution in [0.25, 0.3) is 0 Å². The zero-order chi connectivity index (χ0) is 23.6. The Kier molecular flexibility index (Phi) is 19.2. The fraction of sp³-hybridized carbons (Fsp3) is 1.00. The van der Waals surface area contributed by atoms with Gasteiger partial charge >= 0.3 is 0 Å². The van der Waals surface area contributed by atoms with Gasteiger partial charge in [-0.2, -0.15) is 0 Å². The molecular weight excluding hydrogens is 416 g/mol. The van der Waals surface area contributed by atoms with Crippen molar-refractivity contribution in [3.05, 3.63) is 0 Å². The third-order valence-corrected chi connectivity index (χ3v) is 7.93. The highest BCUT2D eigenvalue weighted by molar-refractivity contribution is 4.88. The average molecular weight is 479 g/mol. The summed E-state index contributed by atoms with van der Waals surface area (Å²) in [7, 11) is 3.49. The molecule has 0 amide bonds. The average Bonchev–Trinajstić information content (AvgIpc) is 2.75. The van der Waals surface area contributed by atoms with Gasteiger partial charge in [0.25, 0.3) is 0 Å². The normalized spacial score (nSPS) is 38.4. The maximum Gasteiger partial charge on any atom is 0.0840 e. The second-order valence-electron chi connectivity index (χ2n) is 9.92. The Morgan fingerprint density at radius 1 is 0.636 bits per heavy atom. The maximum atomic E-state index is 6.30. The first-order valence-corrected chi connectivity index (χ1v) is 12.6. The number of methoxy groups -OCH3 is 2. The molecular formula is C28H62O5. The molecule has 0 bridgehead atoms. The number of hydrogen-bond donors (Lipinski definition) is 0. The SMILES string of the molecule is C.C.CCC1OC(C)C(COCC2OC(C)C(COC)C(C)C2C)C(C)C1C.CCCOC.[HH]. The van der Waals surface area contributed by atoms with Gasteiger partial charge in [0.05, 0.1) is 44.2 Å². The van der Waals surface area contributed by atoms with E-state index in [4.69, 9.17) is 23.7 Å². The Labute approximate surface area is 209 Å². The Bertz CT molecular complexity index is 464. The maximum absolute atomic E-state index is 6.30. The van der Waals surface area contributed by atoms with Crippen molar-refractivity contribution in [2.24, 2.45) is 35.5 Å². The van der Waals surface area contributed by atoms with E-state index in [9.17, 15) is 0 Å². The molecule has 10 atom stereocenters. The molecule has 2 saturated heterocycles. The number of rotatable bonds is 9. The van der Waals surface area contributed by atoms with Crippen LogP contribution in [0, 0.1) is 35.5 Å². The summed E-state index contributed by atoms with van der Waals surface area (Å²) in [6.45, 7) is 21.1. The summed E-state index contributed by atoms with van der Waals surface area (Å²) in [5.41, 5.74) is 0. The molecule has 0 spiro atoms. The number of hydrogen-bond acceptors (Lipinski definition) is 5. The van der Waals surface area contributed by atoms with Crippen LogP contribution in [-0.2, 0) is 23.7 Å². The second kappa shape index (κ2) is 18.1. The van der Waals surface area contributed by atoms with Gasteiger partial charge in [-0.1, -0.05) is 56.4 Å². The molecule has 2 aliphatic heterocycles. The lowest BCUT2D eigenvalue weighted by Crippen LogP contribution is -2.49. The second-order valence-corrected chi connectivity index (χ2v) is 9.92. The number of ether oxygens (including phenoxy) is 5. The molecule has 0 aromatic carbocycles. The van der Waals surface area contributed by atoms with E-state index in [-0.39, 0.29) is 34.6 Å². The summed E-state index contributed by atoms with van der Waals surface area (Å²) < 4.78 is 28.8. The molecule has 5 heteroatoms. The topological polar surface area (TPSA) is 46.2 Å². The van der Waals surface area contributed by atoms with Gasteiger partial charge in [0, 0.05) is 34.1 Å². The fourth-order valence-corrected chi connectivity index (χ4v) is 5.26. The van der Waals surface area contributed by atoms with Crippen LogP contribution in [0.5, 0.6) is 0 Å². The lowest BCUT2D eigenvalue weighted by molar-refractivity contribution is -0.177. The van der Waals surface area contributed by atoms with Crippen molar-refractivity contribution < 1.29 is 25.1 Å². The predicted octanol–water partition coefficient (Wildman–Crippen LogP) is 6.97. The summed E-state index contributed by atoms with van der Waals surface area (Å²) in [5.74, 6) is 3.19. The van der Waals surface area contributed by atoms with E-state index in [2.05, 4.69) is 55.4 Å². The van der Waals surface area contributed by atoms with Crippen molar-refractivity contribution in [1.82, 2.24) is 0 Å². The molecule has 0 radical (unpaired) electrons. The lowest BCUT2D eigenvalue weighted by Gasteiger charge is -2.45. The minimum atomic E-state index is 0. The Morgan fingerprint density at radius 3 is 1.55 bits per heavy atom. The van der Waals surface area contributed by atoms with Gasteiger partial charge in [-0.25, -0.2) is 0 Å². The molecule has 0 saturated carbocycles. The van der Waals surface area contributed by atoms with Crippen LogP contribution in [0.15, 0.2) is 0 Å². The summed E-state index contributed by atoms with van der Waals surface area (Å²) in [6.07, 6.45) is 3.25. The van der Waals surface area contributed by atoms with Crippen molar-refractivity contribution in [3.63, 3.8) is 0 Å². The quantitative estimate of drug-likeness (QED) is 0.358. The van der Waals surface area contributed by atoms with Crippen LogP contribution in [-0.4, -0.2) is 65.1 Å². The third-order valence-electron chi connectivity index (χ3n) is 7.93. The Balaban J connectivity index is -0.00000109. The first kappa shape index (κ1) is 35.0. The van der Waals surface area contributed by atoms with Crippen molar-refractivity contribution >= 4 is 0 Å². The molecule has 0 aromatic rings. The van der Waals surface area contributed by atoms with Crippen molar-refractivity contribution in [2.45, 2.75) is 108 Å². The summed E-state index contributed by atoms with van der Waals surface area (Å²) in [6, 6.07) is 0. The van der Waals surface area contributed by atoms with Crippen LogP contribution in [0.2, 0.25) is 0 Å². The van der Waals surface area contributed by atoms with Crippen LogP contribution in [0.1, 0.15) is 84.5 Å². The minimum absolute atomic E-state index is 0. The summed E-state index contributed by atoms with van der Waals surface area (Å²) in [4.78, 5) is 0. The highest BCUT2D eigenvalue weighted by Gasteiger charge is 2.41. The van der Waals surface area contributed by atoms with Crippen LogP contribution in [0.4, 0.5) is 0 Å². The van der Waals surface area contributed by atoms with Gasteiger partial charge in [0.15, 0.2) is 0 Å². The highest BCUT2D eigenvalue weighted by atomic mass is 16.5. The van der Waals surface area contributed by atoms with Crippen molar-refractivity contribution in [2.75, 3.05) is 40.6 Å². The fourth-order valence-electron chi connectivity index (χ4n) is 5.26. The van der Waals surface area contributed by atoms with Gasteiger partial charge in [-0.3, -0.25) is 0 Å². The van der Waals surface area contributed by atoms with Gasteiger partial charge in [-0.15, -0.1) is 0 Å². The van der Waals surface area contributed by atoms with E-state index in [1.54, 1.807) is 14.2 Å². The van der Waals surface area contributed by atoms with E-state index >= 15 is 0 Å². The largest absolute Gasteiger partial charge is 0.385 e. The monoisotopic (exact) mass is 478 g/mol. The predicted molar refractivity (Wildman–Crippen MR) is 143 cm³/mol. The van der Waals surface area contributed by atoms with E-state index in [1.807, 2.05) is 0 Å². The molecule has 2 rings (SSSR count). The van der Waals surface area contributed by atoms with Crippen molar-refractivity contribution in [3.8, 4) is 0 Å². The van der Waals surface area contributed by atoms with Crippen LogP contribution in [0.3, 0.4) is 0 Å². The molecule has 2 heterocycles. The summed E-state index contributed by atoms with van der Waals surface area (Å²) >= 11 is 0. The zero-order valence-corrected chi connectivity index (χ0v) is 22.1. The van der Waals surface area contributed by atoms with Crippen LogP contribution >= 0.6 is 0 Å². The first-order chi connectivity index (χ1) is 14.7. The lowest BCUT2D eigenvalue weighted by atomic mass is 9.75.